The summed E-state index contributed by atoms with van der Waals surface area (Å²) in [5, 5.41) is 4.37. The van der Waals surface area contributed by atoms with E-state index in [0.717, 1.165) is 31.9 Å². The highest BCUT2D eigenvalue weighted by atomic mass is 16.1. The number of aromatic amines is 1. The Morgan fingerprint density at radius 2 is 1.90 bits per heavy atom. The molecule has 2 N–H and O–H groups in total. The maximum absolute atomic E-state index is 12.6. The molecule has 2 aromatic rings. The average Bonchev–Trinajstić information content (AvgIpc) is 2.78. The predicted octanol–water partition coefficient (Wildman–Crippen LogP) is -1.86. The molecule has 5 nitrogen and oxygen atoms in total. The van der Waals surface area contributed by atoms with Gasteiger partial charge < -0.3 is 9.80 Å². The quantitative estimate of drug-likeness (QED) is 0.680. The maximum Gasteiger partial charge on any atom is 0.280 e. The SMILES string of the molecule is C=c1[nH]n(-c2ccccc2)c(=O)/c1=C\N1CC[NH+](C)CC1. The first-order chi connectivity index (χ1) is 10.1. The molecule has 0 radical (unpaired) electrons. The Kier molecular flexibility index (Phi) is 3.66. The summed E-state index contributed by atoms with van der Waals surface area (Å²) in [6.45, 7) is 8.11. The van der Waals surface area contributed by atoms with E-state index in [4.69, 9.17) is 0 Å². The van der Waals surface area contributed by atoms with Gasteiger partial charge in [0.1, 0.15) is 0 Å². The summed E-state index contributed by atoms with van der Waals surface area (Å²) in [5.41, 5.74) is 0.785. The van der Waals surface area contributed by atoms with Gasteiger partial charge in [-0.3, -0.25) is 9.89 Å². The fourth-order valence-corrected chi connectivity index (χ4v) is 2.60. The molecule has 1 saturated heterocycles. The van der Waals surface area contributed by atoms with Crippen molar-refractivity contribution in [3.8, 4) is 5.69 Å². The molecule has 0 saturated carbocycles. The van der Waals surface area contributed by atoms with Crippen LogP contribution < -0.4 is 21.0 Å². The summed E-state index contributed by atoms with van der Waals surface area (Å²) < 4.78 is 1.55. The number of piperazine rings is 1. The van der Waals surface area contributed by atoms with E-state index in [9.17, 15) is 4.79 Å². The van der Waals surface area contributed by atoms with Crippen molar-refractivity contribution in [1.82, 2.24) is 14.7 Å². The Hall–Kier alpha value is -2.27. The molecular weight excluding hydrogens is 264 g/mol. The molecule has 0 aliphatic carbocycles. The molecule has 1 aromatic carbocycles. The summed E-state index contributed by atoms with van der Waals surface area (Å²) in [6.07, 6.45) is 1.95. The molecule has 0 atom stereocenters. The van der Waals surface area contributed by atoms with Crippen LogP contribution >= 0.6 is 0 Å². The number of benzene rings is 1. The molecule has 0 amide bonds. The van der Waals surface area contributed by atoms with Crippen molar-refractivity contribution in [2.24, 2.45) is 0 Å². The Bertz CT molecular complexity index is 767. The van der Waals surface area contributed by atoms with E-state index < -0.39 is 0 Å². The maximum atomic E-state index is 12.6. The number of para-hydroxylation sites is 1. The summed E-state index contributed by atoms with van der Waals surface area (Å²) in [4.78, 5) is 16.3. The van der Waals surface area contributed by atoms with Gasteiger partial charge in [-0.25, -0.2) is 4.68 Å². The number of likely N-dealkylation sites (N-methyl/N-ethyl adjacent to an activating group) is 1. The van der Waals surface area contributed by atoms with Gasteiger partial charge in [-0.1, -0.05) is 24.8 Å². The van der Waals surface area contributed by atoms with Crippen LogP contribution in [-0.4, -0.2) is 47.9 Å². The molecule has 1 aliphatic rings. The highest BCUT2D eigenvalue weighted by Gasteiger charge is 2.14. The fourth-order valence-electron chi connectivity index (χ4n) is 2.60. The fraction of sp³-hybridized carbons (Fsp3) is 0.312. The van der Waals surface area contributed by atoms with Crippen molar-refractivity contribution >= 4 is 12.8 Å². The van der Waals surface area contributed by atoms with E-state index in [1.165, 1.54) is 4.90 Å². The van der Waals surface area contributed by atoms with Crippen LogP contribution in [-0.2, 0) is 0 Å². The second kappa shape index (κ2) is 5.61. The first kappa shape index (κ1) is 13.7. The van der Waals surface area contributed by atoms with Crippen LogP contribution in [0.2, 0.25) is 0 Å². The third-order valence-corrected chi connectivity index (χ3v) is 3.98. The zero-order valence-electron chi connectivity index (χ0n) is 12.3. The van der Waals surface area contributed by atoms with Crippen LogP contribution in [0.5, 0.6) is 0 Å². The topological polar surface area (TPSA) is 45.5 Å². The number of hydrogen-bond donors (Lipinski definition) is 2. The molecule has 5 heteroatoms. The summed E-state index contributed by atoms with van der Waals surface area (Å²) in [5.74, 6) is 0. The normalized spacial score (nSPS) is 17.4. The van der Waals surface area contributed by atoms with E-state index in [2.05, 4.69) is 23.6 Å². The number of rotatable bonds is 2. The first-order valence-corrected chi connectivity index (χ1v) is 7.28. The lowest BCUT2D eigenvalue weighted by molar-refractivity contribution is -0.883. The number of quaternary nitrogens is 1. The molecule has 3 rings (SSSR count). The van der Waals surface area contributed by atoms with Crippen molar-refractivity contribution < 1.29 is 4.90 Å². The van der Waals surface area contributed by atoms with Crippen LogP contribution in [0.15, 0.2) is 35.1 Å². The van der Waals surface area contributed by atoms with Crippen molar-refractivity contribution in [3.63, 3.8) is 0 Å². The van der Waals surface area contributed by atoms with E-state index in [1.54, 1.807) is 4.68 Å². The van der Waals surface area contributed by atoms with Gasteiger partial charge in [-0.2, -0.15) is 0 Å². The largest absolute Gasteiger partial charge is 0.365 e. The van der Waals surface area contributed by atoms with Crippen LogP contribution in [0.4, 0.5) is 0 Å². The molecule has 1 fully saturated rings. The highest BCUT2D eigenvalue weighted by molar-refractivity contribution is 5.32. The minimum absolute atomic E-state index is 0.0440. The number of hydrogen-bond acceptors (Lipinski definition) is 2. The molecule has 2 heterocycles. The second-order valence-electron chi connectivity index (χ2n) is 5.60. The van der Waals surface area contributed by atoms with Crippen LogP contribution in [0.3, 0.4) is 0 Å². The van der Waals surface area contributed by atoms with Crippen LogP contribution in [0.1, 0.15) is 0 Å². The predicted molar refractivity (Wildman–Crippen MR) is 83.8 cm³/mol. The van der Waals surface area contributed by atoms with Crippen molar-refractivity contribution in [3.05, 3.63) is 51.3 Å². The molecule has 0 unspecified atom stereocenters. The minimum atomic E-state index is -0.0440. The molecular formula is C16H21N4O+. The number of nitrogens with one attached hydrogen (secondary N) is 2. The van der Waals surface area contributed by atoms with E-state index in [-0.39, 0.29) is 5.56 Å². The second-order valence-corrected chi connectivity index (χ2v) is 5.60. The van der Waals surface area contributed by atoms with Gasteiger partial charge >= 0.3 is 0 Å². The van der Waals surface area contributed by atoms with E-state index >= 15 is 0 Å². The molecule has 0 bridgehead atoms. The standard InChI is InChI=1S/C16H20N4O/c1-13-15(12-19-10-8-18(2)9-11-19)16(21)20(17-13)14-6-4-3-5-7-14/h3-7,12,17H,1,8-11H2,2H3/p+1/b15-12-. The van der Waals surface area contributed by atoms with Crippen molar-refractivity contribution in [2.75, 3.05) is 33.2 Å². The van der Waals surface area contributed by atoms with Crippen LogP contribution in [0, 0.1) is 0 Å². The lowest BCUT2D eigenvalue weighted by Gasteiger charge is -2.28. The summed E-state index contributed by atoms with van der Waals surface area (Å²) in [6, 6.07) is 9.57. The first-order valence-electron chi connectivity index (χ1n) is 7.28. The van der Waals surface area contributed by atoms with Gasteiger partial charge in [0.05, 0.1) is 49.5 Å². The van der Waals surface area contributed by atoms with Crippen molar-refractivity contribution in [1.29, 1.82) is 0 Å². The molecule has 110 valence electrons. The Labute approximate surface area is 123 Å². The number of nitrogens with zero attached hydrogens (tertiary/aromatic N) is 2. The molecule has 1 aromatic heterocycles. The molecule has 1 aliphatic heterocycles. The zero-order chi connectivity index (χ0) is 14.8. The Morgan fingerprint density at radius 1 is 1.24 bits per heavy atom. The average molecular weight is 285 g/mol. The lowest BCUT2D eigenvalue weighted by atomic mass is 10.3. The number of aromatic nitrogens is 2. The van der Waals surface area contributed by atoms with E-state index in [0.29, 0.717) is 10.6 Å². The van der Waals surface area contributed by atoms with Gasteiger partial charge in [0.15, 0.2) is 0 Å². The number of H-pyrrole nitrogens is 1. The third-order valence-electron chi connectivity index (χ3n) is 3.98. The van der Waals surface area contributed by atoms with Gasteiger partial charge in [0.2, 0.25) is 0 Å². The monoisotopic (exact) mass is 285 g/mol. The molecule has 21 heavy (non-hydrogen) atoms. The minimum Gasteiger partial charge on any atom is -0.365 e. The van der Waals surface area contributed by atoms with Gasteiger partial charge in [0.25, 0.3) is 5.56 Å². The summed E-state index contributed by atoms with van der Waals surface area (Å²) in [7, 11) is 2.20. The van der Waals surface area contributed by atoms with Gasteiger partial charge in [0, 0.05) is 6.20 Å². The van der Waals surface area contributed by atoms with Crippen molar-refractivity contribution in [2.45, 2.75) is 0 Å². The highest BCUT2D eigenvalue weighted by Crippen LogP contribution is 1.99. The van der Waals surface area contributed by atoms with Crippen LogP contribution in [0.25, 0.3) is 18.5 Å². The Balaban J connectivity index is 1.99. The van der Waals surface area contributed by atoms with Gasteiger partial charge in [-0.05, 0) is 12.1 Å². The van der Waals surface area contributed by atoms with E-state index in [1.807, 2.05) is 36.5 Å². The third kappa shape index (κ3) is 2.78. The smallest absolute Gasteiger partial charge is 0.280 e. The zero-order valence-corrected chi connectivity index (χ0v) is 12.3. The molecule has 0 spiro atoms. The summed E-state index contributed by atoms with van der Waals surface area (Å²) >= 11 is 0. The van der Waals surface area contributed by atoms with Gasteiger partial charge in [-0.15, -0.1) is 0 Å². The lowest BCUT2D eigenvalue weighted by Crippen LogP contribution is -3.11. The Morgan fingerprint density at radius 3 is 2.57 bits per heavy atom.